The number of amides is 1. The average molecular weight is 395 g/mol. The van der Waals surface area contributed by atoms with Gasteiger partial charge in [0.2, 0.25) is 5.91 Å². The number of hydrogen-bond donors (Lipinski definition) is 1. The third kappa shape index (κ3) is 3.73. The molecule has 1 atom stereocenters. The number of hydrogen-bond acceptors (Lipinski definition) is 7. The second kappa shape index (κ2) is 8.04. The molecular formula is C20H25N7O2. The minimum atomic E-state index is -0.245. The number of nitrogens with zero attached hydrogens (tertiary/aromatic N) is 6. The summed E-state index contributed by atoms with van der Waals surface area (Å²) in [5, 5.41) is 8.21. The van der Waals surface area contributed by atoms with Crippen molar-refractivity contribution in [2.45, 2.75) is 13.0 Å². The van der Waals surface area contributed by atoms with E-state index in [2.05, 4.69) is 30.2 Å². The Balaban J connectivity index is 1.40. The van der Waals surface area contributed by atoms with Gasteiger partial charge in [0.15, 0.2) is 5.65 Å². The van der Waals surface area contributed by atoms with Crippen LogP contribution in [0.1, 0.15) is 6.92 Å². The number of aromatic nitrogens is 4. The van der Waals surface area contributed by atoms with E-state index in [1.54, 1.807) is 24.3 Å². The van der Waals surface area contributed by atoms with Crippen LogP contribution in [-0.2, 0) is 11.8 Å². The summed E-state index contributed by atoms with van der Waals surface area (Å²) < 4.78 is 7.07. The fraction of sp³-hybridized carbons (Fsp3) is 0.400. The third-order valence-corrected chi connectivity index (χ3v) is 5.41. The van der Waals surface area contributed by atoms with Crippen molar-refractivity contribution in [3.8, 4) is 5.75 Å². The van der Waals surface area contributed by atoms with E-state index >= 15 is 0 Å². The Morgan fingerprint density at radius 2 is 1.93 bits per heavy atom. The van der Waals surface area contributed by atoms with E-state index in [1.165, 1.54) is 0 Å². The number of piperazine rings is 1. The van der Waals surface area contributed by atoms with Gasteiger partial charge in [0.05, 0.1) is 30.4 Å². The number of anilines is 2. The van der Waals surface area contributed by atoms with Gasteiger partial charge in [-0.05, 0) is 19.1 Å². The van der Waals surface area contributed by atoms with Gasteiger partial charge < -0.3 is 15.0 Å². The Kier molecular flexibility index (Phi) is 5.30. The van der Waals surface area contributed by atoms with Crippen LogP contribution in [0.2, 0.25) is 0 Å². The molecule has 3 heterocycles. The van der Waals surface area contributed by atoms with E-state index in [0.29, 0.717) is 11.4 Å². The van der Waals surface area contributed by atoms with Crippen LogP contribution in [0.4, 0.5) is 11.5 Å². The molecule has 1 aliphatic rings. The van der Waals surface area contributed by atoms with Crippen LogP contribution in [0.15, 0.2) is 36.8 Å². The highest BCUT2D eigenvalue weighted by Crippen LogP contribution is 2.25. The molecule has 9 heteroatoms. The number of aryl methyl sites for hydroxylation is 1. The molecule has 1 N–H and O–H groups in total. The molecule has 3 aromatic rings. The lowest BCUT2D eigenvalue weighted by Crippen LogP contribution is -2.53. The summed E-state index contributed by atoms with van der Waals surface area (Å²) in [6.45, 7) is 5.05. The number of carbonyl (C=O) groups is 1. The molecule has 0 aliphatic carbocycles. The molecular weight excluding hydrogens is 370 g/mol. The van der Waals surface area contributed by atoms with Gasteiger partial charge in [-0.3, -0.25) is 14.4 Å². The van der Waals surface area contributed by atoms with E-state index in [9.17, 15) is 4.79 Å². The largest absolute Gasteiger partial charge is 0.495 e. The predicted molar refractivity (Wildman–Crippen MR) is 111 cm³/mol. The number of benzene rings is 1. The first kappa shape index (κ1) is 19.1. The van der Waals surface area contributed by atoms with E-state index < -0.39 is 0 Å². The van der Waals surface area contributed by atoms with E-state index in [4.69, 9.17) is 4.74 Å². The molecule has 1 fully saturated rings. The third-order valence-electron chi connectivity index (χ3n) is 5.41. The number of fused-ring (bicyclic) bond motifs is 1. The van der Waals surface area contributed by atoms with Crippen molar-refractivity contribution in [2.24, 2.45) is 7.05 Å². The monoisotopic (exact) mass is 395 g/mol. The molecule has 29 heavy (non-hydrogen) atoms. The predicted octanol–water partition coefficient (Wildman–Crippen LogP) is 1.52. The van der Waals surface area contributed by atoms with E-state index in [1.807, 2.05) is 38.2 Å². The quantitative estimate of drug-likeness (QED) is 0.701. The number of rotatable bonds is 5. The normalized spacial score (nSPS) is 16.0. The first-order chi connectivity index (χ1) is 14.1. The first-order valence-corrected chi connectivity index (χ1v) is 9.64. The van der Waals surface area contributed by atoms with Gasteiger partial charge in [-0.1, -0.05) is 12.1 Å². The lowest BCUT2D eigenvalue weighted by Gasteiger charge is -2.38. The average Bonchev–Trinajstić information content (AvgIpc) is 3.15. The fourth-order valence-corrected chi connectivity index (χ4v) is 3.67. The van der Waals surface area contributed by atoms with Crippen molar-refractivity contribution in [2.75, 3.05) is 43.5 Å². The molecule has 1 aromatic carbocycles. The molecule has 9 nitrogen and oxygen atoms in total. The summed E-state index contributed by atoms with van der Waals surface area (Å²) in [7, 11) is 3.47. The Bertz CT molecular complexity index is 1010. The fourth-order valence-electron chi connectivity index (χ4n) is 3.67. The van der Waals surface area contributed by atoms with Gasteiger partial charge in [-0.15, -0.1) is 0 Å². The van der Waals surface area contributed by atoms with Gasteiger partial charge in [0.25, 0.3) is 0 Å². The minimum absolute atomic E-state index is 0.0420. The van der Waals surface area contributed by atoms with Crippen molar-refractivity contribution in [1.82, 2.24) is 24.6 Å². The second-order valence-corrected chi connectivity index (χ2v) is 7.09. The van der Waals surface area contributed by atoms with Gasteiger partial charge in [0, 0.05) is 33.2 Å². The van der Waals surface area contributed by atoms with Gasteiger partial charge >= 0.3 is 0 Å². The minimum Gasteiger partial charge on any atom is -0.495 e. The maximum atomic E-state index is 12.8. The van der Waals surface area contributed by atoms with Crippen LogP contribution in [0.3, 0.4) is 0 Å². The second-order valence-electron chi connectivity index (χ2n) is 7.09. The Labute approximate surface area is 169 Å². The summed E-state index contributed by atoms with van der Waals surface area (Å²) in [4.78, 5) is 25.9. The first-order valence-electron chi connectivity index (χ1n) is 9.64. The Morgan fingerprint density at radius 1 is 1.17 bits per heavy atom. The highest BCUT2D eigenvalue weighted by Gasteiger charge is 2.27. The molecule has 2 aromatic heterocycles. The SMILES string of the molecule is COc1ccccc1NC(=O)C(C)N1CCN(c2ncnc3c2cnn3C)CC1. The maximum Gasteiger partial charge on any atom is 0.241 e. The Morgan fingerprint density at radius 3 is 2.69 bits per heavy atom. The summed E-state index contributed by atoms with van der Waals surface area (Å²) in [6, 6.07) is 7.19. The standard InChI is InChI=1S/C20H25N7O2/c1-14(20(28)24-16-6-4-5-7-17(16)29-3)26-8-10-27(11-9-26)19-15-12-23-25(2)18(15)21-13-22-19/h4-7,12-14H,8-11H2,1-3H3,(H,24,28). The molecule has 0 bridgehead atoms. The van der Waals surface area contributed by atoms with Gasteiger partial charge in [-0.25, -0.2) is 9.97 Å². The van der Waals surface area contributed by atoms with Crippen LogP contribution >= 0.6 is 0 Å². The topological polar surface area (TPSA) is 88.4 Å². The molecule has 4 rings (SSSR count). The molecule has 152 valence electrons. The van der Waals surface area contributed by atoms with Crippen LogP contribution in [0.25, 0.3) is 11.0 Å². The van der Waals surface area contributed by atoms with Crippen LogP contribution in [-0.4, -0.2) is 69.9 Å². The number of nitrogens with one attached hydrogen (secondary N) is 1. The zero-order chi connectivity index (χ0) is 20.4. The summed E-state index contributed by atoms with van der Waals surface area (Å²) in [5.74, 6) is 1.51. The molecule has 1 unspecified atom stereocenters. The Hall–Kier alpha value is -3.20. The van der Waals surface area contributed by atoms with E-state index in [0.717, 1.165) is 43.0 Å². The smallest absolute Gasteiger partial charge is 0.241 e. The van der Waals surface area contributed by atoms with Crippen molar-refractivity contribution >= 4 is 28.4 Å². The summed E-state index contributed by atoms with van der Waals surface area (Å²) >= 11 is 0. The van der Waals surface area contributed by atoms with Crippen molar-refractivity contribution in [1.29, 1.82) is 0 Å². The number of methoxy groups -OCH3 is 1. The molecule has 1 aliphatic heterocycles. The molecule has 0 saturated carbocycles. The zero-order valence-electron chi connectivity index (χ0n) is 16.9. The zero-order valence-corrected chi connectivity index (χ0v) is 16.9. The summed E-state index contributed by atoms with van der Waals surface area (Å²) in [6.07, 6.45) is 3.38. The highest BCUT2D eigenvalue weighted by atomic mass is 16.5. The van der Waals surface area contributed by atoms with Crippen LogP contribution in [0.5, 0.6) is 5.75 Å². The van der Waals surface area contributed by atoms with Crippen molar-refractivity contribution in [3.63, 3.8) is 0 Å². The summed E-state index contributed by atoms with van der Waals surface area (Å²) in [5.41, 5.74) is 1.51. The molecule has 0 radical (unpaired) electrons. The van der Waals surface area contributed by atoms with Crippen LogP contribution in [0, 0.1) is 0 Å². The number of para-hydroxylation sites is 2. The van der Waals surface area contributed by atoms with Crippen molar-refractivity contribution < 1.29 is 9.53 Å². The van der Waals surface area contributed by atoms with Gasteiger partial charge in [0.1, 0.15) is 17.9 Å². The lowest BCUT2D eigenvalue weighted by molar-refractivity contribution is -0.120. The number of ether oxygens (including phenoxy) is 1. The van der Waals surface area contributed by atoms with Crippen molar-refractivity contribution in [3.05, 3.63) is 36.8 Å². The van der Waals surface area contributed by atoms with Gasteiger partial charge in [-0.2, -0.15) is 5.10 Å². The molecule has 1 saturated heterocycles. The lowest BCUT2D eigenvalue weighted by atomic mass is 10.2. The molecule has 1 amide bonds. The molecule has 0 spiro atoms. The number of carbonyl (C=O) groups excluding carboxylic acids is 1. The van der Waals surface area contributed by atoms with E-state index in [-0.39, 0.29) is 11.9 Å². The highest BCUT2D eigenvalue weighted by molar-refractivity contribution is 5.95. The maximum absolute atomic E-state index is 12.8. The van der Waals surface area contributed by atoms with Crippen LogP contribution < -0.4 is 15.0 Å².